The average molecular weight is 781 g/mol. The molecule has 4 amide bonds. The average Bonchev–Trinajstić information content (AvgIpc) is 3.53. The Morgan fingerprint density at radius 2 is 1.71 bits per heavy atom. The summed E-state index contributed by atoms with van der Waals surface area (Å²) in [5.41, 5.74) is 2.45. The summed E-state index contributed by atoms with van der Waals surface area (Å²) in [6.45, 7) is 6.66. The Hall–Kier alpha value is -4.90. The largest absolute Gasteiger partial charge is 0.385 e. The number of aliphatic hydroxyl groups excluding tert-OH is 1. The van der Waals surface area contributed by atoms with Crippen molar-refractivity contribution in [2.24, 2.45) is 18.9 Å². The van der Waals surface area contributed by atoms with Gasteiger partial charge in [-0.25, -0.2) is 18.6 Å². The van der Waals surface area contributed by atoms with E-state index in [1.165, 1.54) is 48.1 Å². The second kappa shape index (κ2) is 14.6. The predicted octanol–water partition coefficient (Wildman–Crippen LogP) is 3.59. The lowest BCUT2D eigenvalue weighted by Gasteiger charge is -2.25. The molecule has 5 atom stereocenters. The zero-order chi connectivity index (χ0) is 39.5. The van der Waals surface area contributed by atoms with Crippen molar-refractivity contribution in [2.45, 2.75) is 38.6 Å². The standard InChI is InChI=1S/C38H44ClF2N9O5/c1-19-31(20(2)49(46-19)11-12-55-6)24-10-9-23(32(40)33(24)41)29-14-42-35(47(29)3)37(53)43-21-7-8-22(27(39)13-21)36(52)45-34-25-15-48(16-26(25)34)38(54)44-28-17-50(4,5)18-30(28)51/h7-10,13-14,25-26,28,30,34,51H,11-12,15-18H2,1-6H3,(H2-,43,44,45,52,53,54)/p+1/t25-,26+,28-,30-,34+/m1/s1. The summed E-state index contributed by atoms with van der Waals surface area (Å²) >= 11 is 6.50. The lowest BCUT2D eigenvalue weighted by Crippen LogP contribution is -2.50. The number of aryl methyl sites for hydroxylation is 1. The predicted molar refractivity (Wildman–Crippen MR) is 201 cm³/mol. The number of nitrogens with one attached hydrogen (secondary N) is 3. The monoisotopic (exact) mass is 780 g/mol. The number of aromatic nitrogens is 4. The molecule has 4 aromatic rings. The minimum atomic E-state index is -1.09. The third-order valence-electron chi connectivity index (χ3n) is 11.1. The molecule has 1 aliphatic carbocycles. The van der Waals surface area contributed by atoms with E-state index in [0.717, 1.165) is 0 Å². The lowest BCUT2D eigenvalue weighted by atomic mass is 10.00. The molecule has 0 bridgehead atoms. The van der Waals surface area contributed by atoms with E-state index >= 15 is 8.78 Å². The Balaban J connectivity index is 0.958. The van der Waals surface area contributed by atoms with Crippen LogP contribution in [0.3, 0.4) is 0 Å². The maximum absolute atomic E-state index is 15.7. The minimum Gasteiger partial charge on any atom is -0.385 e. The summed E-state index contributed by atoms with van der Waals surface area (Å²) in [6, 6.07) is 6.84. The van der Waals surface area contributed by atoms with E-state index in [4.69, 9.17) is 16.3 Å². The third-order valence-corrected chi connectivity index (χ3v) is 11.4. The summed E-state index contributed by atoms with van der Waals surface area (Å²) in [7, 11) is 7.13. The fourth-order valence-electron chi connectivity index (χ4n) is 8.15. The number of likely N-dealkylation sites (tertiary alicyclic amines) is 2. The van der Waals surface area contributed by atoms with Gasteiger partial charge in [-0.2, -0.15) is 5.10 Å². The van der Waals surface area contributed by atoms with Crippen LogP contribution in [0.5, 0.6) is 0 Å². The van der Waals surface area contributed by atoms with Gasteiger partial charge in [-0.05, 0) is 38.1 Å². The molecular formula is C38H45ClF2N9O5+. The maximum Gasteiger partial charge on any atom is 0.317 e. The topological polar surface area (TPSA) is 156 Å². The molecule has 2 aliphatic heterocycles. The van der Waals surface area contributed by atoms with Crippen LogP contribution in [0.25, 0.3) is 22.4 Å². The number of piperidine rings is 1. The van der Waals surface area contributed by atoms with Crippen LogP contribution in [-0.2, 0) is 18.3 Å². The van der Waals surface area contributed by atoms with Gasteiger partial charge in [0.05, 0.1) is 55.4 Å². The van der Waals surface area contributed by atoms with Crippen LogP contribution in [0.1, 0.15) is 32.4 Å². The molecule has 17 heteroatoms. The summed E-state index contributed by atoms with van der Waals surface area (Å²) in [5, 5.41) is 23.6. The molecule has 292 valence electrons. The highest BCUT2D eigenvalue weighted by atomic mass is 35.5. The number of likely N-dealkylation sites (N-methyl/N-ethyl adjacent to an activating group) is 1. The third kappa shape index (κ3) is 7.31. The van der Waals surface area contributed by atoms with Gasteiger partial charge in [0.2, 0.25) is 0 Å². The quantitative estimate of drug-likeness (QED) is 0.180. The molecule has 4 N–H and O–H groups in total. The Kier molecular flexibility index (Phi) is 10.2. The van der Waals surface area contributed by atoms with E-state index in [2.05, 4.69) is 26.0 Å². The molecule has 0 unspecified atom stereocenters. The zero-order valence-corrected chi connectivity index (χ0v) is 32.2. The number of carbonyl (C=O) groups excluding carboxylic acids is 3. The number of hydrogen-bond acceptors (Lipinski definition) is 7. The van der Waals surface area contributed by atoms with Gasteiger partial charge >= 0.3 is 6.03 Å². The number of fused-ring (bicyclic) bond motifs is 1. The van der Waals surface area contributed by atoms with Crippen molar-refractivity contribution >= 4 is 35.1 Å². The molecule has 55 heavy (non-hydrogen) atoms. The fourth-order valence-corrected chi connectivity index (χ4v) is 8.41. The second-order valence-corrected chi connectivity index (χ2v) is 15.8. The highest BCUT2D eigenvalue weighted by Crippen LogP contribution is 2.46. The van der Waals surface area contributed by atoms with Crippen LogP contribution in [0.15, 0.2) is 36.5 Å². The number of hydrogen-bond donors (Lipinski definition) is 4. The molecule has 0 spiro atoms. The van der Waals surface area contributed by atoms with E-state index < -0.39 is 23.6 Å². The Labute approximate surface area is 322 Å². The van der Waals surface area contributed by atoms with Gasteiger partial charge in [0.15, 0.2) is 17.5 Å². The number of rotatable bonds is 10. The van der Waals surface area contributed by atoms with Crippen LogP contribution in [0.2, 0.25) is 5.02 Å². The van der Waals surface area contributed by atoms with Gasteiger partial charge in [0, 0.05) is 73.2 Å². The van der Waals surface area contributed by atoms with Crippen molar-refractivity contribution in [1.82, 2.24) is 34.9 Å². The summed E-state index contributed by atoms with van der Waals surface area (Å²) in [4.78, 5) is 45.2. The van der Waals surface area contributed by atoms with E-state index in [1.807, 2.05) is 14.1 Å². The molecule has 2 saturated heterocycles. The Morgan fingerprint density at radius 3 is 2.36 bits per heavy atom. The number of halogens is 3. The Bertz CT molecular complexity index is 2180. The van der Waals surface area contributed by atoms with Gasteiger partial charge < -0.3 is 39.7 Å². The molecule has 2 aromatic heterocycles. The van der Waals surface area contributed by atoms with Crippen LogP contribution in [0.4, 0.5) is 19.3 Å². The molecule has 2 aromatic carbocycles. The van der Waals surface area contributed by atoms with Gasteiger partial charge in [-0.15, -0.1) is 0 Å². The van der Waals surface area contributed by atoms with Crippen LogP contribution in [-0.4, -0.2) is 124 Å². The first-order valence-electron chi connectivity index (χ1n) is 18.1. The molecule has 3 aliphatic rings. The molecule has 1 saturated carbocycles. The number of aliphatic hydroxyl groups is 1. The Morgan fingerprint density at radius 1 is 1.02 bits per heavy atom. The number of benzene rings is 2. The zero-order valence-electron chi connectivity index (χ0n) is 31.5. The number of carbonyl (C=O) groups is 3. The highest BCUT2D eigenvalue weighted by molar-refractivity contribution is 6.34. The summed E-state index contributed by atoms with van der Waals surface area (Å²) in [5.74, 6) is -2.93. The van der Waals surface area contributed by atoms with Crippen molar-refractivity contribution in [2.75, 3.05) is 59.3 Å². The van der Waals surface area contributed by atoms with Crippen LogP contribution in [0, 0.1) is 37.3 Å². The SMILES string of the molecule is COCCn1nc(C)c(-c2ccc(-c3cnc(C(=O)Nc4ccc(C(=O)N[C@H]5[C@@H]6CN(C(=O)N[C@@H]7C[N+](C)(C)C[C@H]7O)C[C@@H]65)c(Cl)c4)n3C)c(F)c2F)c1C. The molecule has 0 radical (unpaired) electrons. The number of quaternary nitrogens is 1. The number of methoxy groups -OCH3 is 1. The number of anilines is 1. The number of ether oxygens (including phenoxy) is 1. The van der Waals surface area contributed by atoms with E-state index in [1.54, 1.807) is 30.5 Å². The van der Waals surface area contributed by atoms with E-state index in [-0.39, 0.29) is 69.1 Å². The van der Waals surface area contributed by atoms with Crippen molar-refractivity contribution in [3.63, 3.8) is 0 Å². The minimum absolute atomic E-state index is 0.0617. The lowest BCUT2D eigenvalue weighted by molar-refractivity contribution is -0.879. The highest BCUT2D eigenvalue weighted by Gasteiger charge is 2.58. The number of imidazole rings is 1. The molecule has 14 nitrogen and oxygen atoms in total. The first-order chi connectivity index (χ1) is 26.1. The maximum atomic E-state index is 15.7. The molecule has 4 heterocycles. The summed E-state index contributed by atoms with van der Waals surface area (Å²) < 4.78 is 40.1. The van der Waals surface area contributed by atoms with Gasteiger partial charge in [-0.1, -0.05) is 17.7 Å². The number of amides is 4. The van der Waals surface area contributed by atoms with E-state index in [9.17, 15) is 19.5 Å². The number of nitrogens with zero attached hydrogens (tertiary/aromatic N) is 6. The first-order valence-corrected chi connectivity index (χ1v) is 18.5. The molecule has 3 fully saturated rings. The normalized spacial score (nSPS) is 22.4. The second-order valence-electron chi connectivity index (χ2n) is 15.4. The molecular weight excluding hydrogens is 736 g/mol. The van der Waals surface area contributed by atoms with Crippen LogP contribution >= 0.6 is 11.6 Å². The van der Waals surface area contributed by atoms with Gasteiger partial charge in [0.25, 0.3) is 11.8 Å². The van der Waals surface area contributed by atoms with Crippen molar-refractivity contribution in [3.8, 4) is 22.4 Å². The first kappa shape index (κ1) is 38.4. The van der Waals surface area contributed by atoms with Crippen molar-refractivity contribution in [3.05, 3.63) is 76.0 Å². The van der Waals surface area contributed by atoms with Gasteiger partial charge in [0.1, 0.15) is 25.2 Å². The number of urea groups is 1. The van der Waals surface area contributed by atoms with E-state index in [0.29, 0.717) is 66.5 Å². The van der Waals surface area contributed by atoms with Crippen molar-refractivity contribution < 1.29 is 37.5 Å². The fraction of sp³-hybridized carbons (Fsp3) is 0.447. The van der Waals surface area contributed by atoms with Gasteiger partial charge in [-0.3, -0.25) is 14.3 Å². The smallest absolute Gasteiger partial charge is 0.317 e. The summed E-state index contributed by atoms with van der Waals surface area (Å²) in [6.07, 6.45) is 0.706. The van der Waals surface area contributed by atoms with Crippen molar-refractivity contribution in [1.29, 1.82) is 0 Å². The molecule has 7 rings (SSSR count). The van der Waals surface area contributed by atoms with Crippen LogP contribution < -0.4 is 16.0 Å².